The van der Waals surface area contributed by atoms with Crippen molar-refractivity contribution in [1.29, 1.82) is 0 Å². The number of hydrogen-bond donors (Lipinski definition) is 0. The Hall–Kier alpha value is -0.790. The highest BCUT2D eigenvalue weighted by atomic mass is 35.5. The molecule has 1 aromatic heterocycles. The van der Waals surface area contributed by atoms with E-state index in [0.29, 0.717) is 40.4 Å². The number of halogens is 2. The van der Waals surface area contributed by atoms with Gasteiger partial charge in [-0.2, -0.15) is 4.31 Å². The zero-order valence-electron chi connectivity index (χ0n) is 11.6. The van der Waals surface area contributed by atoms with Crippen molar-refractivity contribution in [3.63, 3.8) is 0 Å². The lowest BCUT2D eigenvalue weighted by Crippen LogP contribution is -2.48. The summed E-state index contributed by atoms with van der Waals surface area (Å²) in [6.45, 7) is 1.96. The van der Waals surface area contributed by atoms with Crippen LogP contribution in [-0.4, -0.2) is 38.9 Å². The Morgan fingerprint density at radius 2 is 1.59 bits per heavy atom. The Labute approximate surface area is 143 Å². The average Bonchev–Trinajstić information content (AvgIpc) is 3.02. The summed E-state index contributed by atoms with van der Waals surface area (Å²) in [5.74, 6) is 0. The van der Waals surface area contributed by atoms with E-state index < -0.39 is 10.0 Å². The fourth-order valence-corrected chi connectivity index (χ4v) is 5.68. The van der Waals surface area contributed by atoms with Crippen LogP contribution in [0.5, 0.6) is 0 Å². The molecule has 3 rings (SSSR count). The van der Waals surface area contributed by atoms with Crippen molar-refractivity contribution < 1.29 is 8.42 Å². The van der Waals surface area contributed by atoms with Gasteiger partial charge in [-0.1, -0.05) is 35.3 Å². The van der Waals surface area contributed by atoms with E-state index in [1.807, 2.05) is 4.90 Å². The minimum Gasteiger partial charge on any atom is -0.366 e. The van der Waals surface area contributed by atoms with E-state index in [4.69, 9.17) is 23.2 Å². The van der Waals surface area contributed by atoms with Gasteiger partial charge in [0.25, 0.3) is 10.0 Å². The molecule has 8 heteroatoms. The number of benzene rings is 1. The molecule has 0 N–H and O–H groups in total. The topological polar surface area (TPSA) is 40.6 Å². The summed E-state index contributed by atoms with van der Waals surface area (Å²) in [6, 6.07) is 8.76. The third kappa shape index (κ3) is 2.98. The van der Waals surface area contributed by atoms with E-state index in [1.54, 1.807) is 35.7 Å². The van der Waals surface area contributed by atoms with Crippen molar-refractivity contribution in [2.75, 3.05) is 31.1 Å². The van der Waals surface area contributed by atoms with Crippen molar-refractivity contribution in [3.8, 4) is 0 Å². The first-order chi connectivity index (χ1) is 10.5. The molecule has 0 spiro atoms. The van der Waals surface area contributed by atoms with Crippen molar-refractivity contribution in [2.45, 2.75) is 4.21 Å². The van der Waals surface area contributed by atoms with E-state index >= 15 is 0 Å². The van der Waals surface area contributed by atoms with Gasteiger partial charge in [0.05, 0.1) is 15.7 Å². The molecule has 1 saturated heterocycles. The highest BCUT2D eigenvalue weighted by Crippen LogP contribution is 2.34. The molecule has 0 saturated carbocycles. The molecule has 118 valence electrons. The number of rotatable bonds is 3. The fourth-order valence-electron chi connectivity index (χ4n) is 2.48. The number of para-hydroxylation sites is 1. The summed E-state index contributed by atoms with van der Waals surface area (Å²) in [5.41, 5.74) is 0.777. The van der Waals surface area contributed by atoms with Crippen molar-refractivity contribution in [2.24, 2.45) is 0 Å². The van der Waals surface area contributed by atoms with Crippen LogP contribution in [0.4, 0.5) is 5.69 Å². The van der Waals surface area contributed by atoms with Gasteiger partial charge in [0.2, 0.25) is 0 Å². The summed E-state index contributed by atoms with van der Waals surface area (Å²) < 4.78 is 26.9. The monoisotopic (exact) mass is 376 g/mol. The van der Waals surface area contributed by atoms with Gasteiger partial charge in [0, 0.05) is 26.2 Å². The maximum Gasteiger partial charge on any atom is 0.252 e. The molecule has 1 aromatic carbocycles. The van der Waals surface area contributed by atoms with Crippen LogP contribution in [0.2, 0.25) is 10.0 Å². The van der Waals surface area contributed by atoms with Gasteiger partial charge < -0.3 is 4.90 Å². The summed E-state index contributed by atoms with van der Waals surface area (Å²) in [5, 5.41) is 2.94. The Morgan fingerprint density at radius 1 is 0.955 bits per heavy atom. The first-order valence-corrected chi connectivity index (χ1v) is 9.80. The number of anilines is 1. The minimum atomic E-state index is -3.39. The number of sulfonamides is 1. The number of hydrogen-bond acceptors (Lipinski definition) is 4. The van der Waals surface area contributed by atoms with E-state index in [2.05, 4.69) is 0 Å². The molecule has 22 heavy (non-hydrogen) atoms. The zero-order valence-corrected chi connectivity index (χ0v) is 14.7. The van der Waals surface area contributed by atoms with Crippen molar-refractivity contribution in [3.05, 3.63) is 45.8 Å². The van der Waals surface area contributed by atoms with Gasteiger partial charge >= 0.3 is 0 Å². The maximum absolute atomic E-state index is 12.5. The van der Waals surface area contributed by atoms with Gasteiger partial charge in [-0.05, 0) is 23.6 Å². The second-order valence-electron chi connectivity index (χ2n) is 4.89. The first-order valence-electron chi connectivity index (χ1n) is 6.73. The Morgan fingerprint density at radius 3 is 2.14 bits per heavy atom. The lowest BCUT2D eigenvalue weighted by Gasteiger charge is -2.35. The second-order valence-corrected chi connectivity index (χ2v) is 8.82. The van der Waals surface area contributed by atoms with Gasteiger partial charge in [-0.15, -0.1) is 11.3 Å². The van der Waals surface area contributed by atoms with Crippen molar-refractivity contribution >= 4 is 50.2 Å². The zero-order chi connectivity index (χ0) is 15.7. The van der Waals surface area contributed by atoms with Gasteiger partial charge in [-0.25, -0.2) is 8.42 Å². The molecule has 1 aliphatic heterocycles. The summed E-state index contributed by atoms with van der Waals surface area (Å²) >= 11 is 13.7. The molecular weight excluding hydrogens is 363 g/mol. The molecule has 1 fully saturated rings. The third-order valence-corrected chi connectivity index (χ3v) is 7.46. The molecule has 0 bridgehead atoms. The van der Waals surface area contributed by atoms with E-state index in [-0.39, 0.29) is 0 Å². The van der Waals surface area contributed by atoms with E-state index in [9.17, 15) is 8.42 Å². The van der Waals surface area contributed by atoms with E-state index in [1.165, 1.54) is 15.6 Å². The third-order valence-electron chi connectivity index (χ3n) is 3.58. The largest absolute Gasteiger partial charge is 0.366 e. The van der Waals surface area contributed by atoms with Crippen molar-refractivity contribution in [1.82, 2.24) is 4.31 Å². The quantitative estimate of drug-likeness (QED) is 0.821. The number of nitrogens with zero attached hydrogens (tertiary/aromatic N) is 2. The van der Waals surface area contributed by atoms with Gasteiger partial charge in [-0.3, -0.25) is 0 Å². The Bertz CT molecular complexity index is 735. The molecule has 0 aliphatic carbocycles. The predicted octanol–water partition coefficient (Wildman–Crippen LogP) is 3.57. The number of piperazine rings is 1. The van der Waals surface area contributed by atoms with Crippen LogP contribution in [0.1, 0.15) is 0 Å². The highest BCUT2D eigenvalue weighted by molar-refractivity contribution is 7.91. The lowest BCUT2D eigenvalue weighted by molar-refractivity contribution is 0.386. The van der Waals surface area contributed by atoms with Crippen LogP contribution in [0.15, 0.2) is 39.9 Å². The molecular formula is C14H14Cl2N2O2S2. The molecule has 0 amide bonds. The van der Waals surface area contributed by atoms with Gasteiger partial charge in [0.15, 0.2) is 0 Å². The highest BCUT2D eigenvalue weighted by Gasteiger charge is 2.30. The maximum atomic E-state index is 12.5. The molecule has 2 heterocycles. The minimum absolute atomic E-state index is 0.386. The van der Waals surface area contributed by atoms with Crippen LogP contribution in [0, 0.1) is 0 Å². The van der Waals surface area contributed by atoms with E-state index in [0.717, 1.165) is 5.69 Å². The first kappa shape index (κ1) is 16.1. The normalized spacial score (nSPS) is 16.9. The average molecular weight is 377 g/mol. The molecule has 1 aliphatic rings. The standard InChI is InChI=1S/C14H14Cl2N2O2S2/c15-11-3-1-4-12(16)14(11)17-6-8-18(9-7-17)22(19,20)13-5-2-10-21-13/h1-5,10H,6-9H2. The Kier molecular flexibility index (Phi) is 4.66. The SMILES string of the molecule is O=S(=O)(c1cccs1)N1CCN(c2c(Cl)cccc2Cl)CC1. The number of thiophene rings is 1. The second kappa shape index (κ2) is 6.37. The Balaban J connectivity index is 1.76. The molecule has 0 radical (unpaired) electrons. The smallest absolute Gasteiger partial charge is 0.252 e. The predicted molar refractivity (Wildman–Crippen MR) is 91.8 cm³/mol. The van der Waals surface area contributed by atoms with Gasteiger partial charge in [0.1, 0.15) is 4.21 Å². The van der Waals surface area contributed by atoms with Crippen LogP contribution in [0.3, 0.4) is 0 Å². The fraction of sp³-hybridized carbons (Fsp3) is 0.286. The molecule has 2 aromatic rings. The summed E-state index contributed by atoms with van der Waals surface area (Å²) in [4.78, 5) is 2.03. The van der Waals surface area contributed by atoms with Crippen LogP contribution in [0.25, 0.3) is 0 Å². The van der Waals surface area contributed by atoms with Crippen LogP contribution < -0.4 is 4.90 Å². The molecule has 0 unspecified atom stereocenters. The molecule has 0 atom stereocenters. The summed E-state index contributed by atoms with van der Waals surface area (Å²) in [6.07, 6.45) is 0. The lowest BCUT2D eigenvalue weighted by atomic mass is 10.2. The molecule has 4 nitrogen and oxygen atoms in total. The summed E-state index contributed by atoms with van der Waals surface area (Å²) in [7, 11) is -3.39. The van der Waals surface area contributed by atoms with Crippen LogP contribution in [-0.2, 0) is 10.0 Å². The van der Waals surface area contributed by atoms with Crippen LogP contribution >= 0.6 is 34.5 Å².